The number of anilines is 1. The Labute approximate surface area is 132 Å². The first-order valence-corrected chi connectivity index (χ1v) is 7.30. The second-order valence-corrected chi connectivity index (χ2v) is 6.23. The van der Waals surface area contributed by atoms with Crippen molar-refractivity contribution in [3.05, 3.63) is 22.8 Å². The van der Waals surface area contributed by atoms with Gasteiger partial charge in [0, 0.05) is 27.5 Å². The molecule has 2 rings (SSSR count). The molecule has 21 heavy (non-hydrogen) atoms. The summed E-state index contributed by atoms with van der Waals surface area (Å²) in [5.74, 6) is 2.05. The molecule has 6 heteroatoms. The summed E-state index contributed by atoms with van der Waals surface area (Å²) >= 11 is 3.51. The van der Waals surface area contributed by atoms with Gasteiger partial charge in [-0.25, -0.2) is 4.98 Å². The van der Waals surface area contributed by atoms with E-state index in [1.54, 1.807) is 20.4 Å². The van der Waals surface area contributed by atoms with Gasteiger partial charge in [-0.1, -0.05) is 0 Å². The Morgan fingerprint density at radius 1 is 1.29 bits per heavy atom. The van der Waals surface area contributed by atoms with Gasteiger partial charge < -0.3 is 19.9 Å². The fourth-order valence-corrected chi connectivity index (χ4v) is 2.53. The Balaban J connectivity index is 2.70. The highest BCUT2D eigenvalue weighted by atomic mass is 79.9. The number of nitrogens with zero attached hydrogens (tertiary/aromatic N) is 1. The topological polar surface area (TPSA) is 63.6 Å². The van der Waals surface area contributed by atoms with Gasteiger partial charge in [-0.3, -0.25) is 0 Å². The number of nitrogens with one attached hydrogen (secondary N) is 1. The molecule has 0 bridgehead atoms. The Morgan fingerprint density at radius 2 is 2.00 bits per heavy atom. The Kier molecular flexibility index (Phi) is 4.58. The maximum absolute atomic E-state index is 9.43. The number of hydrogen-bond acceptors (Lipinski definition) is 5. The molecule has 0 aliphatic heterocycles. The fourth-order valence-electron chi connectivity index (χ4n) is 2.02. The number of rotatable bonds is 5. The third kappa shape index (κ3) is 3.22. The Morgan fingerprint density at radius 3 is 2.57 bits per heavy atom. The highest BCUT2D eigenvalue weighted by Gasteiger charge is 2.20. The molecule has 1 aromatic carbocycles. The molecule has 0 unspecified atom stereocenters. The predicted molar refractivity (Wildman–Crippen MR) is 87.3 cm³/mol. The number of fused-ring (bicyclic) bond motifs is 1. The van der Waals surface area contributed by atoms with Crippen LogP contribution in [0.1, 0.15) is 13.8 Å². The summed E-state index contributed by atoms with van der Waals surface area (Å²) in [5.41, 5.74) is -0.482. The van der Waals surface area contributed by atoms with E-state index in [-0.39, 0.29) is 6.61 Å². The van der Waals surface area contributed by atoms with E-state index in [0.29, 0.717) is 17.3 Å². The summed E-state index contributed by atoms with van der Waals surface area (Å²) in [6, 6.07) is 3.72. The molecule has 2 N–H and O–H groups in total. The van der Waals surface area contributed by atoms with Gasteiger partial charge in [0.05, 0.1) is 26.4 Å². The van der Waals surface area contributed by atoms with Crippen molar-refractivity contribution in [2.45, 2.75) is 19.4 Å². The third-order valence-corrected chi connectivity index (χ3v) is 3.79. The number of ether oxygens (including phenoxy) is 2. The number of pyridine rings is 1. The number of aliphatic hydroxyl groups excluding tert-OH is 1. The van der Waals surface area contributed by atoms with Crippen molar-refractivity contribution in [1.82, 2.24) is 4.98 Å². The van der Waals surface area contributed by atoms with E-state index >= 15 is 0 Å². The molecule has 0 saturated carbocycles. The van der Waals surface area contributed by atoms with Gasteiger partial charge in [0.15, 0.2) is 0 Å². The van der Waals surface area contributed by atoms with Crippen LogP contribution in [-0.4, -0.2) is 36.5 Å². The highest BCUT2D eigenvalue weighted by molar-refractivity contribution is 9.10. The summed E-state index contributed by atoms with van der Waals surface area (Å²) in [6.07, 6.45) is 1.72. The van der Waals surface area contributed by atoms with Crippen molar-refractivity contribution in [2.24, 2.45) is 0 Å². The minimum atomic E-state index is -0.482. The van der Waals surface area contributed by atoms with Crippen molar-refractivity contribution < 1.29 is 14.6 Å². The van der Waals surface area contributed by atoms with Gasteiger partial charge in [0.2, 0.25) is 0 Å². The zero-order valence-corrected chi connectivity index (χ0v) is 14.1. The molecule has 5 nitrogen and oxygen atoms in total. The summed E-state index contributed by atoms with van der Waals surface area (Å²) in [5, 5.41) is 14.5. The molecular formula is C15H19BrN2O3. The smallest absolute Gasteiger partial charge is 0.134 e. The van der Waals surface area contributed by atoms with Crippen LogP contribution >= 0.6 is 15.9 Å². The van der Waals surface area contributed by atoms with Crippen LogP contribution in [0.2, 0.25) is 0 Å². The largest absolute Gasteiger partial charge is 0.497 e. The Bertz CT molecular complexity index is 659. The minimum Gasteiger partial charge on any atom is -0.497 e. The zero-order valence-electron chi connectivity index (χ0n) is 12.5. The highest BCUT2D eigenvalue weighted by Crippen LogP contribution is 2.39. The summed E-state index contributed by atoms with van der Waals surface area (Å²) in [4.78, 5) is 4.41. The number of aliphatic hydroxyl groups is 1. The first kappa shape index (κ1) is 15.9. The average molecular weight is 355 g/mol. The zero-order chi connectivity index (χ0) is 15.6. The summed E-state index contributed by atoms with van der Waals surface area (Å²) < 4.78 is 11.6. The molecular weight excluding hydrogens is 336 g/mol. The molecule has 114 valence electrons. The first-order chi connectivity index (χ1) is 9.91. The molecule has 0 atom stereocenters. The molecule has 0 aliphatic carbocycles. The van der Waals surface area contributed by atoms with Crippen molar-refractivity contribution in [2.75, 3.05) is 26.1 Å². The second kappa shape index (κ2) is 6.07. The van der Waals surface area contributed by atoms with Crippen molar-refractivity contribution in [3.8, 4) is 11.5 Å². The lowest BCUT2D eigenvalue weighted by atomic mass is 10.1. The predicted octanol–water partition coefficient (Wildman–Crippen LogP) is 3.20. The van der Waals surface area contributed by atoms with Crippen molar-refractivity contribution in [3.63, 3.8) is 0 Å². The number of hydrogen-bond donors (Lipinski definition) is 2. The van der Waals surface area contributed by atoms with Gasteiger partial charge in [-0.2, -0.15) is 0 Å². The van der Waals surface area contributed by atoms with Gasteiger partial charge in [0.25, 0.3) is 0 Å². The molecule has 0 aliphatic rings. The van der Waals surface area contributed by atoms with Crippen molar-refractivity contribution >= 4 is 32.5 Å². The molecule has 2 aromatic rings. The van der Waals surface area contributed by atoms with Gasteiger partial charge in [0.1, 0.15) is 17.3 Å². The summed E-state index contributed by atoms with van der Waals surface area (Å²) in [7, 11) is 3.22. The number of aromatic nitrogens is 1. The molecule has 0 radical (unpaired) electrons. The normalized spacial score (nSPS) is 11.5. The lowest BCUT2D eigenvalue weighted by Crippen LogP contribution is -2.35. The molecule has 0 fully saturated rings. The fraction of sp³-hybridized carbons (Fsp3) is 0.400. The van der Waals surface area contributed by atoms with Crippen LogP contribution in [0.15, 0.2) is 22.8 Å². The van der Waals surface area contributed by atoms with Crippen LogP contribution in [0.5, 0.6) is 11.5 Å². The van der Waals surface area contributed by atoms with E-state index < -0.39 is 5.54 Å². The first-order valence-electron chi connectivity index (χ1n) is 6.51. The monoisotopic (exact) mass is 354 g/mol. The minimum absolute atomic E-state index is 0.00661. The molecule has 0 saturated heterocycles. The maximum atomic E-state index is 9.43. The Hall–Kier alpha value is -1.53. The maximum Gasteiger partial charge on any atom is 0.134 e. The van der Waals surface area contributed by atoms with Crippen LogP contribution in [0, 0.1) is 0 Å². The van der Waals surface area contributed by atoms with Crippen molar-refractivity contribution in [1.29, 1.82) is 0 Å². The molecule has 1 aromatic heterocycles. The standard InChI is InChI=1S/C15H19BrN2O3/c1-15(2,8-19)18-14-10-5-9(20-3)6-12(21-4)13(10)11(16)7-17-14/h5-7,19H,8H2,1-4H3,(H,17,18). The van der Waals surface area contributed by atoms with E-state index in [4.69, 9.17) is 9.47 Å². The third-order valence-electron chi connectivity index (χ3n) is 3.18. The second-order valence-electron chi connectivity index (χ2n) is 5.37. The van der Waals surface area contributed by atoms with E-state index in [9.17, 15) is 5.11 Å². The van der Waals surface area contributed by atoms with E-state index in [0.717, 1.165) is 15.2 Å². The quantitative estimate of drug-likeness (QED) is 0.863. The molecule has 0 amide bonds. The van der Waals surface area contributed by atoms with Gasteiger partial charge in [-0.15, -0.1) is 0 Å². The van der Waals surface area contributed by atoms with Crippen LogP contribution in [-0.2, 0) is 0 Å². The van der Waals surface area contributed by atoms with E-state index in [2.05, 4.69) is 26.2 Å². The van der Waals surface area contributed by atoms with Crippen LogP contribution < -0.4 is 14.8 Å². The number of halogens is 1. The van der Waals surface area contributed by atoms with Gasteiger partial charge in [-0.05, 0) is 35.8 Å². The van der Waals surface area contributed by atoms with Crippen LogP contribution in [0.25, 0.3) is 10.8 Å². The average Bonchev–Trinajstić information content (AvgIpc) is 2.48. The molecule has 1 heterocycles. The number of benzene rings is 1. The number of methoxy groups -OCH3 is 2. The molecule has 0 spiro atoms. The van der Waals surface area contributed by atoms with Crippen LogP contribution in [0.4, 0.5) is 5.82 Å². The van der Waals surface area contributed by atoms with Crippen LogP contribution in [0.3, 0.4) is 0 Å². The van der Waals surface area contributed by atoms with E-state index in [1.165, 1.54) is 0 Å². The lowest BCUT2D eigenvalue weighted by Gasteiger charge is -2.25. The lowest BCUT2D eigenvalue weighted by molar-refractivity contribution is 0.234. The SMILES string of the molecule is COc1cc(OC)c2c(Br)cnc(NC(C)(C)CO)c2c1. The van der Waals surface area contributed by atoms with Gasteiger partial charge >= 0.3 is 0 Å². The summed E-state index contributed by atoms with van der Waals surface area (Å²) in [6.45, 7) is 3.80. The van der Waals surface area contributed by atoms with E-state index in [1.807, 2.05) is 26.0 Å².